The molecule has 2 aliphatic heterocycles. The molecule has 0 radical (unpaired) electrons. The Hall–Kier alpha value is -0.980. The smallest absolute Gasteiger partial charge is 0.225 e. The Morgan fingerprint density at radius 3 is 2.84 bits per heavy atom. The van der Waals surface area contributed by atoms with Gasteiger partial charge in [0.15, 0.2) is 0 Å². The largest absolute Gasteiger partial charge is 0.396 e. The van der Waals surface area contributed by atoms with Gasteiger partial charge in [-0.2, -0.15) is 0 Å². The summed E-state index contributed by atoms with van der Waals surface area (Å²) in [6, 6.07) is 7.52. The van der Waals surface area contributed by atoms with Crippen molar-refractivity contribution in [3.8, 4) is 0 Å². The van der Waals surface area contributed by atoms with E-state index in [4.69, 9.17) is 14.6 Å². The molecule has 1 aromatic carbocycles. The maximum atomic E-state index is 10.3. The lowest BCUT2D eigenvalue weighted by Gasteiger charge is -2.44. The first-order valence-corrected chi connectivity index (χ1v) is 6.54. The van der Waals surface area contributed by atoms with Gasteiger partial charge in [0.1, 0.15) is 6.10 Å². The first-order chi connectivity index (χ1) is 9.17. The maximum Gasteiger partial charge on any atom is 0.225 e. The number of ether oxygens (including phenoxy) is 2. The summed E-state index contributed by atoms with van der Waals surface area (Å²) in [4.78, 5) is 0. The van der Waals surface area contributed by atoms with E-state index < -0.39 is 18.0 Å². The molecule has 0 bridgehead atoms. The highest BCUT2D eigenvalue weighted by Crippen LogP contribution is 2.45. The van der Waals surface area contributed by atoms with Crippen LogP contribution < -0.4 is 0 Å². The Kier molecular flexibility index (Phi) is 3.32. The van der Waals surface area contributed by atoms with Crippen LogP contribution in [0.3, 0.4) is 0 Å². The number of aliphatic hydroxyl groups is 3. The molecule has 1 saturated heterocycles. The predicted octanol–water partition coefficient (Wildman–Crippen LogP) is 0.263. The molecule has 0 aliphatic carbocycles. The summed E-state index contributed by atoms with van der Waals surface area (Å²) in [6.45, 7) is 0.330. The lowest BCUT2D eigenvalue weighted by atomic mass is 9.88. The van der Waals surface area contributed by atoms with E-state index in [2.05, 4.69) is 0 Å². The first-order valence-electron chi connectivity index (χ1n) is 6.54. The van der Waals surface area contributed by atoms with Crippen molar-refractivity contribution in [2.45, 2.75) is 43.5 Å². The Balaban J connectivity index is 1.97. The van der Waals surface area contributed by atoms with E-state index in [0.717, 1.165) is 11.1 Å². The summed E-state index contributed by atoms with van der Waals surface area (Å²) in [5.41, 5.74) is 1.72. The molecule has 5 heteroatoms. The molecule has 3 unspecified atom stereocenters. The fourth-order valence-electron chi connectivity index (χ4n) is 2.93. The van der Waals surface area contributed by atoms with Gasteiger partial charge in [-0.3, -0.25) is 0 Å². The van der Waals surface area contributed by atoms with Gasteiger partial charge in [0, 0.05) is 18.6 Å². The standard InChI is InChI=1S/C14H18O5/c15-6-5-10-7-12(16)13(17)14(19-10)11-4-2-1-3-9(11)8-18-14/h1-4,10,12-13,15-17H,5-8H2/t10?,12?,13?,14-/m0/s1. The summed E-state index contributed by atoms with van der Waals surface area (Å²) in [6.07, 6.45) is -1.65. The van der Waals surface area contributed by atoms with Crippen LogP contribution in [0.15, 0.2) is 24.3 Å². The van der Waals surface area contributed by atoms with Crippen LogP contribution in [0.25, 0.3) is 0 Å². The van der Waals surface area contributed by atoms with Crippen molar-refractivity contribution in [3.63, 3.8) is 0 Å². The Bertz CT molecular complexity index is 463. The Morgan fingerprint density at radius 1 is 1.26 bits per heavy atom. The minimum absolute atomic E-state index is 0.0226. The fraction of sp³-hybridized carbons (Fsp3) is 0.571. The highest BCUT2D eigenvalue weighted by Gasteiger charge is 2.54. The normalized spacial score (nSPS) is 37.5. The number of hydrogen-bond donors (Lipinski definition) is 3. The summed E-state index contributed by atoms with van der Waals surface area (Å²) >= 11 is 0. The zero-order valence-electron chi connectivity index (χ0n) is 10.5. The van der Waals surface area contributed by atoms with Crippen LogP contribution in [0.4, 0.5) is 0 Å². The maximum absolute atomic E-state index is 10.3. The average Bonchev–Trinajstić information content (AvgIpc) is 2.77. The van der Waals surface area contributed by atoms with Crippen LogP contribution in [0.2, 0.25) is 0 Å². The van der Waals surface area contributed by atoms with E-state index in [1.165, 1.54) is 0 Å². The highest BCUT2D eigenvalue weighted by atomic mass is 16.7. The molecule has 4 atom stereocenters. The van der Waals surface area contributed by atoms with Gasteiger partial charge in [0.25, 0.3) is 0 Å². The summed E-state index contributed by atoms with van der Waals surface area (Å²) in [5.74, 6) is -1.30. The van der Waals surface area contributed by atoms with Crippen molar-refractivity contribution in [2.24, 2.45) is 0 Å². The molecule has 1 fully saturated rings. The zero-order valence-corrected chi connectivity index (χ0v) is 10.5. The van der Waals surface area contributed by atoms with Gasteiger partial charge in [-0.15, -0.1) is 0 Å². The van der Waals surface area contributed by atoms with Crippen LogP contribution in [0.5, 0.6) is 0 Å². The molecule has 104 valence electrons. The molecular weight excluding hydrogens is 248 g/mol. The fourth-order valence-corrected chi connectivity index (χ4v) is 2.93. The molecule has 1 spiro atoms. The molecule has 19 heavy (non-hydrogen) atoms. The van der Waals surface area contributed by atoms with E-state index in [9.17, 15) is 10.2 Å². The van der Waals surface area contributed by atoms with Gasteiger partial charge >= 0.3 is 0 Å². The number of fused-ring (bicyclic) bond motifs is 2. The highest BCUT2D eigenvalue weighted by molar-refractivity contribution is 5.35. The molecule has 0 saturated carbocycles. The first kappa shape index (κ1) is 13.0. The third-order valence-electron chi connectivity index (χ3n) is 3.89. The van der Waals surface area contributed by atoms with Crippen molar-refractivity contribution in [1.29, 1.82) is 0 Å². The minimum Gasteiger partial charge on any atom is -0.396 e. The van der Waals surface area contributed by atoms with Crippen LogP contribution in [0.1, 0.15) is 24.0 Å². The number of rotatable bonds is 2. The monoisotopic (exact) mass is 266 g/mol. The third-order valence-corrected chi connectivity index (χ3v) is 3.89. The van der Waals surface area contributed by atoms with Gasteiger partial charge in [-0.1, -0.05) is 24.3 Å². The second-order valence-corrected chi connectivity index (χ2v) is 5.11. The molecule has 3 rings (SSSR count). The van der Waals surface area contributed by atoms with Crippen molar-refractivity contribution < 1.29 is 24.8 Å². The molecule has 3 N–H and O–H groups in total. The second kappa shape index (κ2) is 4.85. The van der Waals surface area contributed by atoms with Gasteiger partial charge in [0.2, 0.25) is 5.79 Å². The summed E-state index contributed by atoms with van der Waals surface area (Å²) < 4.78 is 11.6. The zero-order chi connectivity index (χ0) is 13.5. The van der Waals surface area contributed by atoms with Gasteiger partial charge < -0.3 is 24.8 Å². The van der Waals surface area contributed by atoms with Crippen molar-refractivity contribution in [2.75, 3.05) is 6.61 Å². The van der Waals surface area contributed by atoms with E-state index in [0.29, 0.717) is 19.4 Å². The van der Waals surface area contributed by atoms with Gasteiger partial charge in [0.05, 0.1) is 18.8 Å². The number of hydrogen-bond acceptors (Lipinski definition) is 5. The SMILES string of the molecule is OCCC1CC(O)C(O)[C@@]2(OCc3ccccc32)O1. The number of aliphatic hydroxyl groups excluding tert-OH is 3. The lowest BCUT2D eigenvalue weighted by molar-refractivity contribution is -0.345. The van der Waals surface area contributed by atoms with Crippen LogP contribution in [0, 0.1) is 0 Å². The molecule has 0 amide bonds. The Labute approximate surface area is 111 Å². The van der Waals surface area contributed by atoms with Crippen molar-refractivity contribution in [1.82, 2.24) is 0 Å². The topological polar surface area (TPSA) is 79.2 Å². The number of benzene rings is 1. The predicted molar refractivity (Wildman–Crippen MR) is 66.1 cm³/mol. The molecule has 0 aromatic heterocycles. The summed E-state index contributed by atoms with van der Waals surface area (Å²) in [7, 11) is 0. The average molecular weight is 266 g/mol. The van der Waals surface area contributed by atoms with Gasteiger partial charge in [-0.05, 0) is 12.0 Å². The second-order valence-electron chi connectivity index (χ2n) is 5.11. The molecule has 1 aromatic rings. The molecule has 5 nitrogen and oxygen atoms in total. The van der Waals surface area contributed by atoms with Gasteiger partial charge in [-0.25, -0.2) is 0 Å². The quantitative estimate of drug-likeness (QED) is 0.715. The molecular formula is C14H18O5. The summed E-state index contributed by atoms with van der Waals surface area (Å²) in [5, 5.41) is 29.4. The Morgan fingerprint density at radius 2 is 2.05 bits per heavy atom. The van der Waals surface area contributed by atoms with E-state index >= 15 is 0 Å². The van der Waals surface area contributed by atoms with Crippen LogP contribution >= 0.6 is 0 Å². The third kappa shape index (κ3) is 1.98. The lowest BCUT2D eigenvalue weighted by Crippen LogP contribution is -2.55. The van der Waals surface area contributed by atoms with Crippen molar-refractivity contribution in [3.05, 3.63) is 35.4 Å². The van der Waals surface area contributed by atoms with E-state index in [1.54, 1.807) is 0 Å². The van der Waals surface area contributed by atoms with Crippen LogP contribution in [-0.2, 0) is 21.9 Å². The van der Waals surface area contributed by atoms with E-state index in [-0.39, 0.29) is 12.7 Å². The van der Waals surface area contributed by atoms with Crippen molar-refractivity contribution >= 4 is 0 Å². The minimum atomic E-state index is -1.30. The van der Waals surface area contributed by atoms with Crippen LogP contribution in [-0.4, -0.2) is 40.2 Å². The van der Waals surface area contributed by atoms with E-state index in [1.807, 2.05) is 24.3 Å². The molecule has 2 aliphatic rings. The molecule has 2 heterocycles.